The Morgan fingerprint density at radius 3 is 2.62 bits per heavy atom. The number of aryl methyl sites for hydroxylation is 1. The number of carbonyl (C=O) groups is 1. The molecule has 0 fully saturated rings. The molecular weight excluding hydrogens is 204 g/mol. The smallest absolute Gasteiger partial charge is 0.314 e. The van der Waals surface area contributed by atoms with Crippen molar-refractivity contribution in [1.29, 1.82) is 0 Å². The van der Waals surface area contributed by atoms with Crippen LogP contribution in [0.3, 0.4) is 0 Å². The molecule has 1 aromatic carbocycles. The van der Waals surface area contributed by atoms with Crippen molar-refractivity contribution in [2.75, 3.05) is 13.7 Å². The fourth-order valence-corrected chi connectivity index (χ4v) is 1.30. The summed E-state index contributed by atoms with van der Waals surface area (Å²) in [6, 6.07) is 7.74. The SMILES string of the molecule is COC(=O)C(C)(C)COc1cccc(C)c1. The molecule has 1 aromatic rings. The van der Waals surface area contributed by atoms with Gasteiger partial charge in [0.25, 0.3) is 0 Å². The van der Waals surface area contributed by atoms with E-state index in [1.807, 2.05) is 31.2 Å². The molecule has 1 rings (SSSR count). The molecule has 0 saturated carbocycles. The van der Waals surface area contributed by atoms with Crippen molar-refractivity contribution >= 4 is 5.97 Å². The van der Waals surface area contributed by atoms with Crippen molar-refractivity contribution in [2.24, 2.45) is 5.41 Å². The summed E-state index contributed by atoms with van der Waals surface area (Å²) < 4.78 is 10.3. The minimum Gasteiger partial charge on any atom is -0.492 e. The summed E-state index contributed by atoms with van der Waals surface area (Å²) in [6.07, 6.45) is 0. The number of ether oxygens (including phenoxy) is 2. The first kappa shape index (κ1) is 12.6. The third kappa shape index (κ3) is 3.26. The zero-order valence-electron chi connectivity index (χ0n) is 10.2. The first-order valence-corrected chi connectivity index (χ1v) is 5.23. The predicted molar refractivity (Wildman–Crippen MR) is 62.5 cm³/mol. The van der Waals surface area contributed by atoms with Crippen LogP contribution in [0.2, 0.25) is 0 Å². The van der Waals surface area contributed by atoms with Crippen LogP contribution in [0.15, 0.2) is 24.3 Å². The minimum atomic E-state index is -0.626. The van der Waals surface area contributed by atoms with Crippen LogP contribution in [-0.4, -0.2) is 19.7 Å². The molecule has 0 spiro atoms. The second-order valence-electron chi connectivity index (χ2n) is 4.48. The van der Waals surface area contributed by atoms with Crippen molar-refractivity contribution in [3.8, 4) is 5.75 Å². The average Bonchev–Trinajstić information content (AvgIpc) is 2.25. The molecule has 0 saturated heterocycles. The van der Waals surface area contributed by atoms with Crippen LogP contribution in [-0.2, 0) is 9.53 Å². The molecule has 3 nitrogen and oxygen atoms in total. The maximum absolute atomic E-state index is 11.4. The number of hydrogen-bond acceptors (Lipinski definition) is 3. The highest BCUT2D eigenvalue weighted by molar-refractivity contribution is 5.75. The van der Waals surface area contributed by atoms with E-state index in [1.54, 1.807) is 13.8 Å². The third-order valence-corrected chi connectivity index (χ3v) is 2.33. The topological polar surface area (TPSA) is 35.5 Å². The fourth-order valence-electron chi connectivity index (χ4n) is 1.30. The normalized spacial score (nSPS) is 11.0. The van der Waals surface area contributed by atoms with Gasteiger partial charge < -0.3 is 9.47 Å². The van der Waals surface area contributed by atoms with E-state index in [4.69, 9.17) is 9.47 Å². The molecule has 3 heteroatoms. The molecule has 16 heavy (non-hydrogen) atoms. The van der Waals surface area contributed by atoms with Crippen LogP contribution in [0.4, 0.5) is 0 Å². The zero-order valence-corrected chi connectivity index (χ0v) is 10.2. The van der Waals surface area contributed by atoms with Crippen molar-refractivity contribution < 1.29 is 14.3 Å². The Morgan fingerprint density at radius 1 is 1.38 bits per heavy atom. The second-order valence-corrected chi connectivity index (χ2v) is 4.48. The van der Waals surface area contributed by atoms with Gasteiger partial charge in [0.2, 0.25) is 0 Å². The monoisotopic (exact) mass is 222 g/mol. The Bertz CT molecular complexity index is 369. The quantitative estimate of drug-likeness (QED) is 0.734. The molecule has 0 aliphatic heterocycles. The highest BCUT2D eigenvalue weighted by Gasteiger charge is 2.29. The van der Waals surface area contributed by atoms with Gasteiger partial charge in [0.05, 0.1) is 12.5 Å². The molecule has 0 heterocycles. The van der Waals surface area contributed by atoms with E-state index in [1.165, 1.54) is 7.11 Å². The van der Waals surface area contributed by atoms with Crippen molar-refractivity contribution in [3.63, 3.8) is 0 Å². The molecular formula is C13H18O3. The number of carbonyl (C=O) groups excluding carboxylic acids is 1. The standard InChI is InChI=1S/C13H18O3/c1-10-6-5-7-11(8-10)16-9-13(2,3)12(14)15-4/h5-8H,9H2,1-4H3. The summed E-state index contributed by atoms with van der Waals surface area (Å²) in [6.45, 7) is 5.91. The van der Waals surface area contributed by atoms with Crippen LogP contribution in [0.25, 0.3) is 0 Å². The molecule has 0 N–H and O–H groups in total. The number of rotatable bonds is 4. The molecule has 88 valence electrons. The van der Waals surface area contributed by atoms with Gasteiger partial charge >= 0.3 is 5.97 Å². The molecule has 0 amide bonds. The van der Waals surface area contributed by atoms with E-state index in [0.29, 0.717) is 6.61 Å². The third-order valence-electron chi connectivity index (χ3n) is 2.33. The van der Waals surface area contributed by atoms with Crippen LogP contribution in [0.5, 0.6) is 5.75 Å². The van der Waals surface area contributed by atoms with Crippen molar-refractivity contribution in [2.45, 2.75) is 20.8 Å². The van der Waals surface area contributed by atoms with Crippen molar-refractivity contribution in [3.05, 3.63) is 29.8 Å². The Morgan fingerprint density at radius 2 is 2.06 bits per heavy atom. The molecule has 0 aliphatic carbocycles. The molecule has 0 aliphatic rings. The van der Waals surface area contributed by atoms with Gasteiger partial charge in [-0.05, 0) is 38.5 Å². The van der Waals surface area contributed by atoms with E-state index in [0.717, 1.165) is 11.3 Å². The van der Waals surface area contributed by atoms with Crippen LogP contribution in [0.1, 0.15) is 19.4 Å². The van der Waals surface area contributed by atoms with Gasteiger partial charge in [-0.25, -0.2) is 0 Å². The maximum atomic E-state index is 11.4. The number of benzene rings is 1. The van der Waals surface area contributed by atoms with Crippen molar-refractivity contribution in [1.82, 2.24) is 0 Å². The number of methoxy groups -OCH3 is 1. The highest BCUT2D eigenvalue weighted by Crippen LogP contribution is 2.20. The van der Waals surface area contributed by atoms with Gasteiger partial charge in [-0.2, -0.15) is 0 Å². The van der Waals surface area contributed by atoms with E-state index in [-0.39, 0.29) is 5.97 Å². The van der Waals surface area contributed by atoms with E-state index in [2.05, 4.69) is 0 Å². The lowest BCUT2D eigenvalue weighted by molar-refractivity contribution is -0.152. The number of esters is 1. The molecule has 0 unspecified atom stereocenters. The zero-order chi connectivity index (χ0) is 12.2. The molecule has 0 aromatic heterocycles. The first-order chi connectivity index (χ1) is 7.45. The van der Waals surface area contributed by atoms with Gasteiger partial charge in [-0.1, -0.05) is 12.1 Å². The largest absolute Gasteiger partial charge is 0.492 e. The summed E-state index contributed by atoms with van der Waals surface area (Å²) in [7, 11) is 1.39. The first-order valence-electron chi connectivity index (χ1n) is 5.23. The summed E-state index contributed by atoms with van der Waals surface area (Å²) in [5.41, 5.74) is 0.506. The summed E-state index contributed by atoms with van der Waals surface area (Å²) in [5.74, 6) is 0.511. The summed E-state index contributed by atoms with van der Waals surface area (Å²) >= 11 is 0. The lowest BCUT2D eigenvalue weighted by Gasteiger charge is -2.21. The van der Waals surface area contributed by atoms with Gasteiger partial charge in [0.1, 0.15) is 12.4 Å². The van der Waals surface area contributed by atoms with Gasteiger partial charge in [0.15, 0.2) is 0 Å². The Labute approximate surface area is 96.4 Å². The maximum Gasteiger partial charge on any atom is 0.314 e. The van der Waals surface area contributed by atoms with Crippen LogP contribution >= 0.6 is 0 Å². The lowest BCUT2D eigenvalue weighted by atomic mass is 9.95. The average molecular weight is 222 g/mol. The van der Waals surface area contributed by atoms with E-state index >= 15 is 0 Å². The second kappa shape index (κ2) is 5.01. The summed E-state index contributed by atoms with van der Waals surface area (Å²) in [5, 5.41) is 0. The number of hydrogen-bond donors (Lipinski definition) is 0. The molecule has 0 bridgehead atoms. The Hall–Kier alpha value is -1.51. The highest BCUT2D eigenvalue weighted by atomic mass is 16.5. The summed E-state index contributed by atoms with van der Waals surface area (Å²) in [4.78, 5) is 11.4. The van der Waals surface area contributed by atoms with E-state index in [9.17, 15) is 4.79 Å². The Balaban J connectivity index is 2.61. The van der Waals surface area contributed by atoms with Crippen LogP contribution in [0, 0.1) is 12.3 Å². The lowest BCUT2D eigenvalue weighted by Crippen LogP contribution is -2.32. The fraction of sp³-hybridized carbons (Fsp3) is 0.462. The van der Waals surface area contributed by atoms with E-state index < -0.39 is 5.41 Å². The molecule has 0 radical (unpaired) electrons. The van der Waals surface area contributed by atoms with Gasteiger partial charge in [0, 0.05) is 0 Å². The van der Waals surface area contributed by atoms with Crippen LogP contribution < -0.4 is 4.74 Å². The van der Waals surface area contributed by atoms with Gasteiger partial charge in [-0.3, -0.25) is 4.79 Å². The minimum absolute atomic E-state index is 0.264. The van der Waals surface area contributed by atoms with Gasteiger partial charge in [-0.15, -0.1) is 0 Å². The molecule has 0 atom stereocenters. The Kier molecular flexibility index (Phi) is 3.93. The predicted octanol–water partition coefficient (Wildman–Crippen LogP) is 2.57.